The van der Waals surface area contributed by atoms with E-state index in [1.807, 2.05) is 24.3 Å². The maximum absolute atomic E-state index is 13.6. The number of methoxy groups -OCH3 is 1. The molecule has 39 heavy (non-hydrogen) atoms. The summed E-state index contributed by atoms with van der Waals surface area (Å²) in [6, 6.07) is 26.2. The van der Waals surface area contributed by atoms with Gasteiger partial charge in [0.05, 0.1) is 19.4 Å². The van der Waals surface area contributed by atoms with Crippen LogP contribution in [-0.4, -0.2) is 34.4 Å². The zero-order valence-electron chi connectivity index (χ0n) is 21.0. The quantitative estimate of drug-likeness (QED) is 0.251. The third-order valence-electron chi connectivity index (χ3n) is 5.93. The number of hydrogen-bond acceptors (Lipinski definition) is 5. The second-order valence-electron chi connectivity index (χ2n) is 8.59. The number of benzene rings is 4. The molecule has 5 aromatic rings. The van der Waals surface area contributed by atoms with Gasteiger partial charge in [-0.3, -0.25) is 4.79 Å². The zero-order chi connectivity index (χ0) is 27.2. The van der Waals surface area contributed by atoms with Gasteiger partial charge in [0.1, 0.15) is 17.4 Å². The molecule has 0 unspecified atom stereocenters. The van der Waals surface area contributed by atoms with Crippen molar-refractivity contribution in [2.24, 2.45) is 0 Å². The third-order valence-corrected chi connectivity index (χ3v) is 5.93. The minimum absolute atomic E-state index is 0.173. The van der Waals surface area contributed by atoms with Crippen LogP contribution in [-0.2, 0) is 6.42 Å². The summed E-state index contributed by atoms with van der Waals surface area (Å²) < 4.78 is 39.7. The molecule has 9 heteroatoms. The second-order valence-corrected chi connectivity index (χ2v) is 8.59. The molecule has 0 saturated heterocycles. The van der Waals surface area contributed by atoms with Crippen molar-refractivity contribution in [3.8, 4) is 28.8 Å². The van der Waals surface area contributed by atoms with Crippen molar-refractivity contribution >= 4 is 11.6 Å². The van der Waals surface area contributed by atoms with E-state index in [0.29, 0.717) is 35.8 Å². The predicted octanol–water partition coefficient (Wildman–Crippen LogP) is 6.09. The molecule has 0 atom stereocenters. The second kappa shape index (κ2) is 11.6. The highest BCUT2D eigenvalue weighted by molar-refractivity contribution is 6.04. The van der Waals surface area contributed by atoms with Crippen LogP contribution >= 0.6 is 0 Å². The Morgan fingerprint density at radius 2 is 1.64 bits per heavy atom. The molecule has 7 nitrogen and oxygen atoms in total. The Balaban J connectivity index is 1.35. The SMILES string of the molecule is COc1ccc(CCOc2nc(-c3ccc(F)cc3)n(-c3ccc(NC(=O)c4cccc(F)c4)cc3)n2)cc1. The number of ether oxygens (including phenoxy) is 2. The maximum atomic E-state index is 13.6. The predicted molar refractivity (Wildman–Crippen MR) is 143 cm³/mol. The van der Waals surface area contributed by atoms with Crippen LogP contribution in [0.25, 0.3) is 17.1 Å². The highest BCUT2D eigenvalue weighted by Gasteiger charge is 2.16. The number of nitrogens with one attached hydrogen (secondary N) is 1. The number of carbonyl (C=O) groups excluding carboxylic acids is 1. The van der Waals surface area contributed by atoms with E-state index in [9.17, 15) is 13.6 Å². The first-order valence-corrected chi connectivity index (χ1v) is 12.1. The molecular formula is C30H24F2N4O3. The zero-order valence-corrected chi connectivity index (χ0v) is 21.0. The van der Waals surface area contributed by atoms with Crippen molar-refractivity contribution in [2.75, 3.05) is 19.0 Å². The first kappa shape index (κ1) is 25.6. The van der Waals surface area contributed by atoms with E-state index in [0.717, 1.165) is 11.3 Å². The molecule has 1 aromatic heterocycles. The fourth-order valence-corrected chi connectivity index (χ4v) is 3.89. The minimum atomic E-state index is -0.487. The van der Waals surface area contributed by atoms with Crippen molar-refractivity contribution in [3.05, 3.63) is 120 Å². The fraction of sp³-hybridized carbons (Fsp3) is 0.100. The summed E-state index contributed by atoms with van der Waals surface area (Å²) in [7, 11) is 1.62. The van der Waals surface area contributed by atoms with E-state index in [-0.39, 0.29) is 17.4 Å². The summed E-state index contributed by atoms with van der Waals surface area (Å²) >= 11 is 0. The molecule has 0 aliphatic heterocycles. The summed E-state index contributed by atoms with van der Waals surface area (Å²) in [4.78, 5) is 17.0. The van der Waals surface area contributed by atoms with Gasteiger partial charge in [-0.25, -0.2) is 13.5 Å². The van der Waals surface area contributed by atoms with E-state index < -0.39 is 11.7 Å². The number of carbonyl (C=O) groups is 1. The monoisotopic (exact) mass is 526 g/mol. The van der Waals surface area contributed by atoms with Gasteiger partial charge in [0.2, 0.25) is 0 Å². The van der Waals surface area contributed by atoms with Crippen LogP contribution in [0.3, 0.4) is 0 Å². The van der Waals surface area contributed by atoms with Crippen LogP contribution < -0.4 is 14.8 Å². The molecule has 0 fully saturated rings. The Bertz CT molecular complexity index is 1570. The number of rotatable bonds is 9. The molecule has 0 saturated carbocycles. The highest BCUT2D eigenvalue weighted by atomic mass is 19.1. The van der Waals surface area contributed by atoms with Gasteiger partial charge in [-0.2, -0.15) is 4.98 Å². The Labute approximate surface area is 223 Å². The molecule has 1 N–H and O–H groups in total. The van der Waals surface area contributed by atoms with Gasteiger partial charge in [-0.1, -0.05) is 18.2 Å². The maximum Gasteiger partial charge on any atom is 0.336 e. The normalized spacial score (nSPS) is 10.7. The van der Waals surface area contributed by atoms with Crippen LogP contribution in [0.1, 0.15) is 15.9 Å². The number of aromatic nitrogens is 3. The van der Waals surface area contributed by atoms with Gasteiger partial charge in [-0.05, 0) is 84.4 Å². The van der Waals surface area contributed by atoms with E-state index in [4.69, 9.17) is 9.47 Å². The van der Waals surface area contributed by atoms with E-state index >= 15 is 0 Å². The van der Waals surface area contributed by atoms with Gasteiger partial charge >= 0.3 is 6.01 Å². The fourth-order valence-electron chi connectivity index (χ4n) is 3.89. The molecule has 1 heterocycles. The Morgan fingerprint density at radius 3 is 2.33 bits per heavy atom. The molecule has 0 aliphatic carbocycles. The van der Waals surface area contributed by atoms with Gasteiger partial charge in [0, 0.05) is 23.2 Å². The van der Waals surface area contributed by atoms with Crippen LogP contribution in [0.15, 0.2) is 97.1 Å². The smallest absolute Gasteiger partial charge is 0.336 e. The molecular weight excluding hydrogens is 502 g/mol. The number of nitrogens with zero attached hydrogens (tertiary/aromatic N) is 3. The van der Waals surface area contributed by atoms with Crippen LogP contribution in [0.5, 0.6) is 11.8 Å². The lowest BCUT2D eigenvalue weighted by Crippen LogP contribution is -2.12. The lowest BCUT2D eigenvalue weighted by molar-refractivity contribution is 0.102. The lowest BCUT2D eigenvalue weighted by atomic mass is 10.1. The van der Waals surface area contributed by atoms with Crippen LogP contribution in [0.2, 0.25) is 0 Å². The Kier molecular flexibility index (Phi) is 7.58. The molecule has 0 bridgehead atoms. The van der Waals surface area contributed by atoms with Crippen LogP contribution in [0.4, 0.5) is 14.5 Å². The van der Waals surface area contributed by atoms with Crippen LogP contribution in [0, 0.1) is 11.6 Å². The first-order chi connectivity index (χ1) is 19.0. The average Bonchev–Trinajstić information content (AvgIpc) is 3.38. The lowest BCUT2D eigenvalue weighted by Gasteiger charge is -2.09. The summed E-state index contributed by atoms with van der Waals surface area (Å²) in [5.74, 6) is -0.0317. The van der Waals surface area contributed by atoms with Crippen molar-refractivity contribution in [2.45, 2.75) is 6.42 Å². The number of halogens is 2. The van der Waals surface area contributed by atoms with Gasteiger partial charge < -0.3 is 14.8 Å². The summed E-state index contributed by atoms with van der Waals surface area (Å²) in [5.41, 5.74) is 3.11. The molecule has 0 radical (unpaired) electrons. The van der Waals surface area contributed by atoms with Crippen molar-refractivity contribution in [3.63, 3.8) is 0 Å². The topological polar surface area (TPSA) is 78.3 Å². The molecule has 0 aliphatic rings. The minimum Gasteiger partial charge on any atom is -0.497 e. The molecule has 196 valence electrons. The third kappa shape index (κ3) is 6.27. The average molecular weight is 527 g/mol. The molecule has 0 spiro atoms. The highest BCUT2D eigenvalue weighted by Crippen LogP contribution is 2.25. The van der Waals surface area contributed by atoms with Crippen molar-refractivity contribution < 1.29 is 23.0 Å². The van der Waals surface area contributed by atoms with Gasteiger partial charge in [0.15, 0.2) is 5.82 Å². The number of hydrogen-bond donors (Lipinski definition) is 1. The first-order valence-electron chi connectivity index (χ1n) is 12.1. The number of amides is 1. The Morgan fingerprint density at radius 1 is 0.897 bits per heavy atom. The largest absolute Gasteiger partial charge is 0.497 e. The summed E-state index contributed by atoms with van der Waals surface area (Å²) in [6.45, 7) is 0.351. The number of anilines is 1. The van der Waals surface area contributed by atoms with Crippen molar-refractivity contribution in [1.29, 1.82) is 0 Å². The van der Waals surface area contributed by atoms with E-state index in [1.54, 1.807) is 48.2 Å². The van der Waals surface area contributed by atoms with Gasteiger partial charge in [-0.15, -0.1) is 5.10 Å². The van der Waals surface area contributed by atoms with E-state index in [1.165, 1.54) is 36.4 Å². The molecule has 5 rings (SSSR count). The standard InChI is InChI=1S/C30H24F2N4O3/c1-38-27-15-5-20(6-16-27)17-18-39-30-34-28(21-7-9-23(31)10-8-21)36(35-30)26-13-11-25(12-14-26)33-29(37)22-3-2-4-24(32)19-22/h2-16,19H,17-18H2,1H3,(H,33,37). The van der Waals surface area contributed by atoms with Crippen molar-refractivity contribution in [1.82, 2.24) is 14.8 Å². The Hall–Kier alpha value is -5.05. The molecule has 4 aromatic carbocycles. The van der Waals surface area contributed by atoms with Gasteiger partial charge in [0.25, 0.3) is 5.91 Å². The molecule has 1 amide bonds. The summed E-state index contributed by atoms with van der Waals surface area (Å²) in [5, 5.41) is 7.27. The van der Waals surface area contributed by atoms with E-state index in [2.05, 4.69) is 15.4 Å². The summed E-state index contributed by atoms with van der Waals surface area (Å²) in [6.07, 6.45) is 0.643.